The van der Waals surface area contributed by atoms with Crippen molar-refractivity contribution in [3.63, 3.8) is 0 Å². The van der Waals surface area contributed by atoms with E-state index in [9.17, 15) is 4.79 Å². The highest BCUT2D eigenvalue weighted by molar-refractivity contribution is 5.80. The van der Waals surface area contributed by atoms with Crippen LogP contribution >= 0.6 is 0 Å². The molecule has 5 nitrogen and oxygen atoms in total. The van der Waals surface area contributed by atoms with E-state index in [0.717, 1.165) is 16.6 Å². The molecule has 0 aliphatic heterocycles. The van der Waals surface area contributed by atoms with Crippen molar-refractivity contribution in [2.24, 2.45) is 0 Å². The van der Waals surface area contributed by atoms with Gasteiger partial charge in [0, 0.05) is 5.39 Å². The monoisotopic (exact) mass is 352 g/mol. The number of hydrogen-bond donors (Lipinski definition) is 0. The van der Waals surface area contributed by atoms with Crippen molar-refractivity contribution >= 4 is 10.9 Å². The van der Waals surface area contributed by atoms with Gasteiger partial charge < -0.3 is 0 Å². The van der Waals surface area contributed by atoms with Crippen LogP contribution in [0.5, 0.6) is 0 Å². The first-order chi connectivity index (χ1) is 12.1. The lowest BCUT2D eigenvalue weighted by atomic mass is 10.0. The Morgan fingerprint density at radius 2 is 1.85 bits per heavy atom. The van der Waals surface area contributed by atoms with Crippen LogP contribution in [0.15, 0.2) is 29.2 Å². The smallest absolute Gasteiger partial charge is 0.265 e. The Bertz CT molecular complexity index is 1020. The summed E-state index contributed by atoms with van der Waals surface area (Å²) in [6.45, 7) is 15.0. The summed E-state index contributed by atoms with van der Waals surface area (Å²) < 4.78 is 3.43. The molecule has 3 rings (SSSR count). The maximum Gasteiger partial charge on any atom is 0.293 e. The molecule has 3 aromatic rings. The fourth-order valence-corrected chi connectivity index (χ4v) is 3.27. The van der Waals surface area contributed by atoms with Crippen LogP contribution in [0.4, 0.5) is 0 Å². The molecule has 0 aliphatic rings. The molecule has 0 aliphatic carbocycles. The van der Waals surface area contributed by atoms with Crippen molar-refractivity contribution in [2.75, 3.05) is 0 Å². The number of fused-ring (bicyclic) bond motifs is 1. The summed E-state index contributed by atoms with van der Waals surface area (Å²) in [4.78, 5) is 13.3. The fourth-order valence-electron chi connectivity index (χ4n) is 3.27. The van der Waals surface area contributed by atoms with Crippen LogP contribution in [0.2, 0.25) is 0 Å². The zero-order valence-electron chi connectivity index (χ0n) is 16.8. The highest BCUT2D eigenvalue weighted by Crippen LogP contribution is 2.25. The van der Waals surface area contributed by atoms with Gasteiger partial charge in [0.2, 0.25) is 0 Å². The third kappa shape index (κ3) is 3.18. The second-order valence-corrected chi connectivity index (χ2v) is 8.42. The van der Waals surface area contributed by atoms with Crippen LogP contribution in [-0.2, 0) is 12.1 Å². The molecular weight excluding hydrogens is 324 g/mol. The summed E-state index contributed by atoms with van der Waals surface area (Å²) >= 11 is 0. The third-order valence-corrected chi connectivity index (χ3v) is 4.72. The molecule has 2 aromatic heterocycles. The van der Waals surface area contributed by atoms with Crippen LogP contribution in [0.3, 0.4) is 0 Å². The first-order valence-electron chi connectivity index (χ1n) is 9.15. The summed E-state index contributed by atoms with van der Waals surface area (Å²) in [6.07, 6.45) is 1.78. The van der Waals surface area contributed by atoms with Crippen molar-refractivity contribution < 1.29 is 0 Å². The largest absolute Gasteiger partial charge is 0.293 e. The molecule has 0 spiro atoms. The molecule has 138 valence electrons. The number of aryl methyl sites for hydroxylation is 2. The van der Waals surface area contributed by atoms with E-state index in [0.29, 0.717) is 12.1 Å². The Morgan fingerprint density at radius 3 is 2.46 bits per heavy atom. The Labute approximate surface area is 154 Å². The standard InChI is InChI=1S/C21H28N4O/c1-13(2)18-17-11-22-25(21(5,6)7)19(17)20(26)24(23-18)12-16-10-14(3)8-9-15(16)4/h8-11,13H,12H2,1-7H3. The molecule has 0 saturated carbocycles. The van der Waals surface area contributed by atoms with Crippen LogP contribution in [-0.4, -0.2) is 19.6 Å². The molecule has 0 amide bonds. The van der Waals surface area contributed by atoms with Crippen molar-refractivity contribution in [1.82, 2.24) is 19.6 Å². The van der Waals surface area contributed by atoms with Gasteiger partial charge in [0.15, 0.2) is 0 Å². The van der Waals surface area contributed by atoms with Crippen molar-refractivity contribution in [2.45, 2.75) is 66.5 Å². The van der Waals surface area contributed by atoms with Gasteiger partial charge in [-0.1, -0.05) is 37.6 Å². The van der Waals surface area contributed by atoms with Crippen LogP contribution in [0, 0.1) is 13.8 Å². The molecule has 0 radical (unpaired) electrons. The van der Waals surface area contributed by atoms with E-state index in [-0.39, 0.29) is 17.0 Å². The van der Waals surface area contributed by atoms with Gasteiger partial charge in [-0.15, -0.1) is 0 Å². The zero-order chi connectivity index (χ0) is 19.2. The summed E-state index contributed by atoms with van der Waals surface area (Å²) in [5.41, 5.74) is 4.67. The highest BCUT2D eigenvalue weighted by atomic mass is 16.1. The minimum absolute atomic E-state index is 0.0854. The molecule has 0 bridgehead atoms. The number of nitrogens with zero attached hydrogens (tertiary/aromatic N) is 4. The van der Waals surface area contributed by atoms with Crippen LogP contribution in [0.25, 0.3) is 10.9 Å². The van der Waals surface area contributed by atoms with E-state index >= 15 is 0 Å². The molecule has 5 heteroatoms. The molecule has 2 heterocycles. The van der Waals surface area contributed by atoms with Gasteiger partial charge in [-0.05, 0) is 51.7 Å². The van der Waals surface area contributed by atoms with E-state index in [1.807, 2.05) is 4.68 Å². The van der Waals surface area contributed by atoms with Gasteiger partial charge >= 0.3 is 0 Å². The molecule has 0 fully saturated rings. The summed E-state index contributed by atoms with van der Waals surface area (Å²) in [5, 5.41) is 10.1. The third-order valence-electron chi connectivity index (χ3n) is 4.72. The number of aromatic nitrogens is 4. The number of hydrogen-bond acceptors (Lipinski definition) is 3. The Kier molecular flexibility index (Phi) is 4.51. The topological polar surface area (TPSA) is 52.7 Å². The quantitative estimate of drug-likeness (QED) is 0.712. The van der Waals surface area contributed by atoms with Gasteiger partial charge in [-0.2, -0.15) is 10.2 Å². The molecule has 26 heavy (non-hydrogen) atoms. The first-order valence-corrected chi connectivity index (χ1v) is 9.15. The molecule has 0 unspecified atom stereocenters. The predicted molar refractivity (Wildman–Crippen MR) is 106 cm³/mol. The molecule has 0 atom stereocenters. The second kappa shape index (κ2) is 6.38. The molecule has 0 saturated heterocycles. The maximum atomic E-state index is 13.3. The van der Waals surface area contributed by atoms with Crippen molar-refractivity contribution in [3.8, 4) is 0 Å². The Hall–Kier alpha value is -2.43. The SMILES string of the molecule is Cc1ccc(C)c(Cn2nc(C(C)C)c3cnn(C(C)(C)C)c3c2=O)c1. The molecule has 0 N–H and O–H groups in total. The minimum atomic E-state index is -0.270. The van der Waals surface area contributed by atoms with Gasteiger partial charge in [-0.25, -0.2) is 4.68 Å². The Morgan fingerprint density at radius 1 is 1.15 bits per heavy atom. The first kappa shape index (κ1) is 18.4. The summed E-state index contributed by atoms with van der Waals surface area (Å²) in [5.74, 6) is 0.209. The van der Waals surface area contributed by atoms with Gasteiger partial charge in [-0.3, -0.25) is 9.48 Å². The van der Waals surface area contributed by atoms with Gasteiger partial charge in [0.05, 0.1) is 24.0 Å². The van der Waals surface area contributed by atoms with Gasteiger partial charge in [0.1, 0.15) is 5.52 Å². The maximum absolute atomic E-state index is 13.3. The predicted octanol–water partition coefficient (Wildman–Crippen LogP) is 4.14. The lowest BCUT2D eigenvalue weighted by Gasteiger charge is -2.21. The minimum Gasteiger partial charge on any atom is -0.265 e. The van der Waals surface area contributed by atoms with Crippen molar-refractivity contribution in [1.29, 1.82) is 0 Å². The fraction of sp³-hybridized carbons (Fsp3) is 0.476. The highest BCUT2D eigenvalue weighted by Gasteiger charge is 2.23. The number of benzene rings is 1. The average molecular weight is 352 g/mol. The zero-order valence-corrected chi connectivity index (χ0v) is 16.8. The lowest BCUT2D eigenvalue weighted by molar-refractivity contribution is 0.366. The van der Waals surface area contributed by atoms with E-state index in [2.05, 4.69) is 71.8 Å². The van der Waals surface area contributed by atoms with Gasteiger partial charge in [0.25, 0.3) is 5.56 Å². The summed E-state index contributed by atoms with van der Waals surface area (Å²) in [7, 11) is 0. The van der Waals surface area contributed by atoms with E-state index < -0.39 is 0 Å². The van der Waals surface area contributed by atoms with E-state index in [1.54, 1.807) is 10.9 Å². The van der Waals surface area contributed by atoms with E-state index in [1.165, 1.54) is 11.1 Å². The Balaban J connectivity index is 2.27. The number of rotatable bonds is 3. The van der Waals surface area contributed by atoms with E-state index in [4.69, 9.17) is 5.10 Å². The van der Waals surface area contributed by atoms with Crippen LogP contribution in [0.1, 0.15) is 62.9 Å². The van der Waals surface area contributed by atoms with Crippen LogP contribution < -0.4 is 5.56 Å². The second-order valence-electron chi connectivity index (χ2n) is 8.42. The molecular formula is C21H28N4O. The summed E-state index contributed by atoms with van der Waals surface area (Å²) in [6, 6.07) is 6.31. The molecule has 1 aromatic carbocycles. The normalized spacial score (nSPS) is 12.3. The van der Waals surface area contributed by atoms with Crippen molar-refractivity contribution in [3.05, 3.63) is 57.1 Å². The lowest BCUT2D eigenvalue weighted by Crippen LogP contribution is -2.31. The average Bonchev–Trinajstić information content (AvgIpc) is 2.98.